The van der Waals surface area contributed by atoms with Crippen molar-refractivity contribution in [3.8, 4) is 11.5 Å². The first-order valence-corrected chi connectivity index (χ1v) is 6.65. The minimum Gasteiger partial charge on any atom is -0.490 e. The molecule has 0 amide bonds. The number of anilines is 1. The van der Waals surface area contributed by atoms with Gasteiger partial charge in [-0.1, -0.05) is 18.2 Å². The molecule has 1 N–H and O–H groups in total. The van der Waals surface area contributed by atoms with Gasteiger partial charge in [0.2, 0.25) is 0 Å². The van der Waals surface area contributed by atoms with Crippen molar-refractivity contribution in [3.63, 3.8) is 0 Å². The van der Waals surface area contributed by atoms with Crippen LogP contribution in [-0.4, -0.2) is 19.4 Å². The van der Waals surface area contributed by atoms with Crippen molar-refractivity contribution in [2.45, 2.75) is 6.42 Å². The molecule has 1 aliphatic rings. The van der Waals surface area contributed by atoms with E-state index in [1.165, 1.54) is 0 Å². The van der Waals surface area contributed by atoms with Gasteiger partial charge in [0.05, 0.1) is 25.1 Å². The van der Waals surface area contributed by atoms with Crippen LogP contribution in [0, 0.1) is 0 Å². The molecule has 0 spiro atoms. The normalized spacial score (nSPS) is 14.0. The summed E-state index contributed by atoms with van der Waals surface area (Å²) in [5.74, 6) is 1.59. The molecule has 2 aromatic carbocycles. The monoisotopic (exact) mass is 268 g/mol. The number of rotatable bonds is 3. The van der Waals surface area contributed by atoms with Gasteiger partial charge >= 0.3 is 0 Å². The molecule has 0 radical (unpaired) electrons. The maximum atomic E-state index is 5.65. The lowest BCUT2D eigenvalue weighted by Crippen LogP contribution is -1.97. The smallest absolute Gasteiger partial charge is 0.161 e. The van der Waals surface area contributed by atoms with Crippen LogP contribution < -0.4 is 14.9 Å². The Morgan fingerprint density at radius 1 is 0.950 bits per heavy atom. The lowest BCUT2D eigenvalue weighted by molar-refractivity contribution is 0.297. The minimum absolute atomic E-state index is 0.690. The highest BCUT2D eigenvalue weighted by atomic mass is 16.5. The number of nitrogens with one attached hydrogen (secondary N) is 1. The van der Waals surface area contributed by atoms with Gasteiger partial charge in [0.15, 0.2) is 11.5 Å². The van der Waals surface area contributed by atoms with Crippen molar-refractivity contribution in [1.29, 1.82) is 0 Å². The Bertz CT molecular complexity index is 597. The summed E-state index contributed by atoms with van der Waals surface area (Å²) in [7, 11) is 0. The van der Waals surface area contributed by atoms with E-state index in [2.05, 4.69) is 10.5 Å². The van der Waals surface area contributed by atoms with Crippen LogP contribution in [0.25, 0.3) is 0 Å². The molecular weight excluding hydrogens is 252 g/mol. The fourth-order valence-corrected chi connectivity index (χ4v) is 1.95. The number of hydrogen-bond donors (Lipinski definition) is 1. The molecule has 4 nitrogen and oxygen atoms in total. The Labute approximate surface area is 118 Å². The van der Waals surface area contributed by atoms with Gasteiger partial charge in [-0.05, 0) is 35.9 Å². The Kier molecular flexibility index (Phi) is 3.83. The number of hydrazone groups is 1. The maximum Gasteiger partial charge on any atom is 0.161 e. The largest absolute Gasteiger partial charge is 0.490 e. The van der Waals surface area contributed by atoms with Crippen molar-refractivity contribution < 1.29 is 9.47 Å². The van der Waals surface area contributed by atoms with Crippen molar-refractivity contribution in [2.75, 3.05) is 18.6 Å². The highest BCUT2D eigenvalue weighted by molar-refractivity contribution is 5.81. The number of hydrogen-bond acceptors (Lipinski definition) is 4. The molecule has 0 fully saturated rings. The molecule has 0 saturated carbocycles. The van der Waals surface area contributed by atoms with E-state index in [9.17, 15) is 0 Å². The van der Waals surface area contributed by atoms with Gasteiger partial charge in [-0.3, -0.25) is 5.43 Å². The minimum atomic E-state index is 0.690. The summed E-state index contributed by atoms with van der Waals surface area (Å²) >= 11 is 0. The van der Waals surface area contributed by atoms with Gasteiger partial charge in [-0.2, -0.15) is 5.10 Å². The zero-order valence-electron chi connectivity index (χ0n) is 11.1. The molecule has 0 unspecified atom stereocenters. The number of ether oxygens (including phenoxy) is 2. The third-order valence-electron chi connectivity index (χ3n) is 2.95. The summed E-state index contributed by atoms with van der Waals surface area (Å²) in [5, 5.41) is 4.21. The molecule has 0 aromatic heterocycles. The highest BCUT2D eigenvalue weighted by Gasteiger charge is 2.09. The zero-order chi connectivity index (χ0) is 13.6. The van der Waals surface area contributed by atoms with E-state index in [4.69, 9.17) is 9.47 Å². The van der Waals surface area contributed by atoms with Crippen LogP contribution in [0.4, 0.5) is 5.69 Å². The van der Waals surface area contributed by atoms with E-state index in [1.54, 1.807) is 6.21 Å². The quantitative estimate of drug-likeness (QED) is 0.686. The number of nitrogens with zero attached hydrogens (tertiary/aromatic N) is 1. The first kappa shape index (κ1) is 12.5. The van der Waals surface area contributed by atoms with Crippen LogP contribution >= 0.6 is 0 Å². The molecule has 3 rings (SSSR count). The predicted octanol–water partition coefficient (Wildman–Crippen LogP) is 3.29. The van der Waals surface area contributed by atoms with Crippen molar-refractivity contribution >= 4 is 11.9 Å². The average molecular weight is 268 g/mol. The number of para-hydroxylation sites is 1. The predicted molar refractivity (Wildman–Crippen MR) is 79.7 cm³/mol. The molecule has 0 bridgehead atoms. The van der Waals surface area contributed by atoms with E-state index in [1.807, 2.05) is 48.5 Å². The first-order valence-electron chi connectivity index (χ1n) is 6.65. The van der Waals surface area contributed by atoms with E-state index < -0.39 is 0 Å². The summed E-state index contributed by atoms with van der Waals surface area (Å²) in [5.41, 5.74) is 4.91. The zero-order valence-corrected chi connectivity index (χ0v) is 11.1. The summed E-state index contributed by atoms with van der Waals surface area (Å²) in [4.78, 5) is 0. The Morgan fingerprint density at radius 2 is 1.75 bits per heavy atom. The summed E-state index contributed by atoms with van der Waals surface area (Å²) in [6.07, 6.45) is 2.68. The van der Waals surface area contributed by atoms with E-state index >= 15 is 0 Å². The number of benzene rings is 2. The van der Waals surface area contributed by atoms with Crippen LogP contribution in [0.1, 0.15) is 12.0 Å². The van der Waals surface area contributed by atoms with Gasteiger partial charge in [-0.25, -0.2) is 0 Å². The molecular formula is C16H16N2O2. The Balaban J connectivity index is 1.70. The molecule has 0 aliphatic carbocycles. The summed E-state index contributed by atoms with van der Waals surface area (Å²) in [6.45, 7) is 1.39. The van der Waals surface area contributed by atoms with E-state index in [0.29, 0.717) is 13.2 Å². The molecule has 1 heterocycles. The van der Waals surface area contributed by atoms with Crippen molar-refractivity contribution in [1.82, 2.24) is 0 Å². The van der Waals surface area contributed by atoms with Crippen molar-refractivity contribution in [3.05, 3.63) is 54.1 Å². The van der Waals surface area contributed by atoms with Crippen LogP contribution in [0.2, 0.25) is 0 Å². The molecule has 0 saturated heterocycles. The second-order valence-electron chi connectivity index (χ2n) is 4.49. The van der Waals surface area contributed by atoms with Crippen LogP contribution in [0.3, 0.4) is 0 Å². The second kappa shape index (κ2) is 6.10. The molecule has 1 aliphatic heterocycles. The van der Waals surface area contributed by atoms with E-state index in [-0.39, 0.29) is 0 Å². The second-order valence-corrected chi connectivity index (χ2v) is 4.49. The fraction of sp³-hybridized carbons (Fsp3) is 0.188. The Hall–Kier alpha value is -2.49. The van der Waals surface area contributed by atoms with Crippen molar-refractivity contribution in [2.24, 2.45) is 5.10 Å². The van der Waals surface area contributed by atoms with Gasteiger partial charge in [-0.15, -0.1) is 0 Å². The molecule has 0 atom stereocenters. The van der Waals surface area contributed by atoms with Crippen LogP contribution in [0.15, 0.2) is 53.6 Å². The number of fused-ring (bicyclic) bond motifs is 1. The van der Waals surface area contributed by atoms with Crippen LogP contribution in [0.5, 0.6) is 11.5 Å². The lowest BCUT2D eigenvalue weighted by Gasteiger charge is -2.07. The SMILES string of the molecule is C(=NNc1ccccc1)c1ccc2c(c1)OCCCO2. The third kappa shape index (κ3) is 3.09. The summed E-state index contributed by atoms with van der Waals surface area (Å²) < 4.78 is 11.2. The van der Waals surface area contributed by atoms with Gasteiger partial charge < -0.3 is 9.47 Å². The lowest BCUT2D eigenvalue weighted by atomic mass is 10.2. The van der Waals surface area contributed by atoms with Crippen LogP contribution in [-0.2, 0) is 0 Å². The molecule has 102 valence electrons. The fourth-order valence-electron chi connectivity index (χ4n) is 1.95. The standard InChI is InChI=1S/C16H16N2O2/c1-2-5-14(6-3-1)18-17-12-13-7-8-15-16(11-13)20-10-4-9-19-15/h1-3,5-8,11-12,18H,4,9-10H2. The van der Waals surface area contributed by atoms with E-state index in [0.717, 1.165) is 29.2 Å². The first-order chi connectivity index (χ1) is 9.92. The molecule has 4 heteroatoms. The highest BCUT2D eigenvalue weighted by Crippen LogP contribution is 2.29. The van der Waals surface area contributed by atoms with Gasteiger partial charge in [0, 0.05) is 6.42 Å². The Morgan fingerprint density at radius 3 is 2.60 bits per heavy atom. The third-order valence-corrected chi connectivity index (χ3v) is 2.95. The molecule has 20 heavy (non-hydrogen) atoms. The molecule has 2 aromatic rings. The maximum absolute atomic E-state index is 5.65. The van der Waals surface area contributed by atoms with Gasteiger partial charge in [0.1, 0.15) is 0 Å². The average Bonchev–Trinajstić information content (AvgIpc) is 2.73. The van der Waals surface area contributed by atoms with Gasteiger partial charge in [0.25, 0.3) is 0 Å². The topological polar surface area (TPSA) is 42.9 Å². The summed E-state index contributed by atoms with van der Waals surface area (Å²) in [6, 6.07) is 15.7.